The fraction of sp³-hybridized carbons (Fsp3) is 0.0800. The minimum atomic E-state index is -0.387. The Bertz CT molecular complexity index is 1240. The van der Waals surface area contributed by atoms with E-state index >= 15 is 0 Å². The molecule has 0 aliphatic rings. The van der Waals surface area contributed by atoms with Gasteiger partial charge in [-0.15, -0.1) is 11.3 Å². The Morgan fingerprint density at radius 3 is 2.25 bits per heavy atom. The van der Waals surface area contributed by atoms with Crippen LogP contribution in [-0.4, -0.2) is 22.7 Å². The molecule has 0 fully saturated rings. The molecule has 0 aliphatic carbocycles. The fourth-order valence-corrected chi connectivity index (χ4v) is 3.84. The van der Waals surface area contributed by atoms with Crippen LogP contribution in [0, 0.1) is 13.8 Å². The zero-order valence-electron chi connectivity index (χ0n) is 17.6. The molecule has 7 heteroatoms. The smallest absolute Gasteiger partial charge is 0.353 e. The maximum atomic E-state index is 12.4. The van der Waals surface area contributed by atoms with Crippen LogP contribution in [0.15, 0.2) is 83.3 Å². The first-order chi connectivity index (χ1) is 15.5. The van der Waals surface area contributed by atoms with Crippen LogP contribution in [0.5, 0.6) is 5.75 Å². The summed E-state index contributed by atoms with van der Waals surface area (Å²) in [6.07, 6.45) is 1.53. The van der Waals surface area contributed by atoms with Crippen molar-refractivity contribution in [3.05, 3.63) is 106 Å². The molecule has 0 saturated carbocycles. The molecule has 4 aromatic rings. The molecule has 0 atom stereocenters. The third kappa shape index (κ3) is 4.84. The summed E-state index contributed by atoms with van der Waals surface area (Å²) in [5.41, 5.74) is 7.08. The van der Waals surface area contributed by atoms with Crippen molar-refractivity contribution in [2.24, 2.45) is 5.10 Å². The number of hydrogen-bond acceptors (Lipinski definition) is 5. The average molecular weight is 444 g/mol. The van der Waals surface area contributed by atoms with Crippen LogP contribution in [0.3, 0.4) is 0 Å². The predicted octanol–water partition coefficient (Wildman–Crippen LogP) is 5.14. The van der Waals surface area contributed by atoms with Crippen LogP contribution in [0.1, 0.15) is 37.0 Å². The van der Waals surface area contributed by atoms with Gasteiger partial charge in [-0.25, -0.2) is 10.2 Å². The van der Waals surface area contributed by atoms with E-state index in [4.69, 9.17) is 4.74 Å². The topological polar surface area (TPSA) is 72.7 Å². The normalized spacial score (nSPS) is 10.9. The van der Waals surface area contributed by atoms with Gasteiger partial charge >= 0.3 is 5.97 Å². The molecule has 2 aromatic heterocycles. The highest BCUT2D eigenvalue weighted by molar-refractivity contribution is 7.12. The number of nitrogens with zero attached hydrogens (tertiary/aromatic N) is 2. The molecule has 160 valence electrons. The first-order valence-corrected chi connectivity index (χ1v) is 10.8. The molecule has 0 saturated heterocycles. The van der Waals surface area contributed by atoms with E-state index in [1.54, 1.807) is 48.5 Å². The Balaban J connectivity index is 1.33. The summed E-state index contributed by atoms with van der Waals surface area (Å²) in [6, 6.07) is 21.9. The zero-order chi connectivity index (χ0) is 22.5. The van der Waals surface area contributed by atoms with Gasteiger partial charge in [0.15, 0.2) is 0 Å². The number of hydrogen-bond donors (Lipinski definition) is 1. The summed E-state index contributed by atoms with van der Waals surface area (Å²) in [6.45, 7) is 4.09. The van der Waals surface area contributed by atoms with Crippen molar-refractivity contribution in [2.45, 2.75) is 13.8 Å². The molecule has 0 unspecified atom stereocenters. The minimum absolute atomic E-state index is 0.296. The molecule has 4 rings (SSSR count). The Morgan fingerprint density at radius 2 is 1.62 bits per heavy atom. The van der Waals surface area contributed by atoms with Crippen molar-refractivity contribution in [2.75, 3.05) is 0 Å². The van der Waals surface area contributed by atoms with Gasteiger partial charge in [-0.2, -0.15) is 5.10 Å². The fourth-order valence-electron chi connectivity index (χ4n) is 3.24. The number of esters is 1. The zero-order valence-corrected chi connectivity index (χ0v) is 18.4. The van der Waals surface area contributed by atoms with Crippen molar-refractivity contribution in [1.82, 2.24) is 9.99 Å². The van der Waals surface area contributed by atoms with E-state index < -0.39 is 0 Å². The van der Waals surface area contributed by atoms with Crippen molar-refractivity contribution in [3.63, 3.8) is 0 Å². The quantitative estimate of drug-likeness (QED) is 0.194. The first-order valence-electron chi connectivity index (χ1n) is 9.96. The Kier molecular flexibility index (Phi) is 6.28. The SMILES string of the molecule is Cc1ccc(C)n1-c1ccc(C(=O)N/N=C/c2ccc(OC(=O)c3cccs3)cc2)cc1. The van der Waals surface area contributed by atoms with E-state index in [0.29, 0.717) is 16.2 Å². The summed E-state index contributed by atoms with van der Waals surface area (Å²) in [5, 5.41) is 5.84. The lowest BCUT2D eigenvalue weighted by Crippen LogP contribution is -2.17. The number of carbonyl (C=O) groups excluding carboxylic acids is 2. The van der Waals surface area contributed by atoms with Crippen LogP contribution in [-0.2, 0) is 0 Å². The van der Waals surface area contributed by atoms with E-state index in [2.05, 4.69) is 27.2 Å². The molecule has 6 nitrogen and oxygen atoms in total. The molecule has 1 amide bonds. The average Bonchev–Trinajstić information content (AvgIpc) is 3.45. The number of hydrazone groups is 1. The Hall–Kier alpha value is -3.97. The van der Waals surface area contributed by atoms with Crippen molar-refractivity contribution in [3.8, 4) is 11.4 Å². The molecule has 2 heterocycles. The van der Waals surface area contributed by atoms with Crippen LogP contribution in [0.4, 0.5) is 0 Å². The summed E-state index contributed by atoms with van der Waals surface area (Å²) < 4.78 is 7.45. The van der Waals surface area contributed by atoms with Crippen LogP contribution in [0.2, 0.25) is 0 Å². The number of ether oxygens (including phenoxy) is 1. The monoisotopic (exact) mass is 443 g/mol. The number of thiophene rings is 1. The highest BCUT2D eigenvalue weighted by Crippen LogP contribution is 2.18. The molecule has 0 radical (unpaired) electrons. The van der Waals surface area contributed by atoms with Crippen LogP contribution >= 0.6 is 11.3 Å². The highest BCUT2D eigenvalue weighted by atomic mass is 32.1. The molecule has 1 N–H and O–H groups in total. The summed E-state index contributed by atoms with van der Waals surface area (Å²) in [7, 11) is 0. The number of aryl methyl sites for hydroxylation is 2. The van der Waals surface area contributed by atoms with E-state index in [-0.39, 0.29) is 11.9 Å². The van der Waals surface area contributed by atoms with Crippen LogP contribution < -0.4 is 10.2 Å². The minimum Gasteiger partial charge on any atom is -0.422 e. The molecular weight excluding hydrogens is 422 g/mol. The van der Waals surface area contributed by atoms with Gasteiger partial charge in [-0.05, 0) is 91.5 Å². The van der Waals surface area contributed by atoms with Crippen molar-refractivity contribution < 1.29 is 14.3 Å². The summed E-state index contributed by atoms with van der Waals surface area (Å²) >= 11 is 1.33. The molecular formula is C25H21N3O3S. The Morgan fingerprint density at radius 1 is 0.938 bits per heavy atom. The molecule has 2 aromatic carbocycles. The van der Waals surface area contributed by atoms with Gasteiger partial charge in [0.1, 0.15) is 10.6 Å². The molecule has 0 bridgehead atoms. The number of aromatic nitrogens is 1. The van der Waals surface area contributed by atoms with Gasteiger partial charge in [0.2, 0.25) is 0 Å². The molecule has 0 spiro atoms. The summed E-state index contributed by atoms with van der Waals surface area (Å²) in [5.74, 6) is -0.241. The van der Waals surface area contributed by atoms with Gasteiger partial charge in [0.05, 0.1) is 6.21 Å². The largest absolute Gasteiger partial charge is 0.422 e. The number of carbonyl (C=O) groups is 2. The Labute approximate surface area is 189 Å². The lowest BCUT2D eigenvalue weighted by Gasteiger charge is -2.10. The lowest BCUT2D eigenvalue weighted by atomic mass is 10.2. The van der Waals surface area contributed by atoms with E-state index in [1.807, 2.05) is 31.4 Å². The second kappa shape index (κ2) is 9.45. The molecule has 32 heavy (non-hydrogen) atoms. The number of benzene rings is 2. The third-order valence-corrected chi connectivity index (χ3v) is 5.70. The third-order valence-electron chi connectivity index (χ3n) is 4.85. The number of amides is 1. The lowest BCUT2D eigenvalue weighted by molar-refractivity contribution is 0.0739. The van der Waals surface area contributed by atoms with Gasteiger partial charge in [-0.1, -0.05) is 6.07 Å². The standard InChI is InChI=1S/C25H21N3O3S/c1-17-5-6-18(2)28(17)21-11-9-20(10-12-21)24(29)27-26-16-19-7-13-22(14-8-19)31-25(30)23-4-3-15-32-23/h3-16H,1-2H3,(H,27,29)/b26-16+. The van der Waals surface area contributed by atoms with E-state index in [0.717, 1.165) is 22.6 Å². The maximum absolute atomic E-state index is 12.4. The summed E-state index contributed by atoms with van der Waals surface area (Å²) in [4.78, 5) is 24.9. The van der Waals surface area contributed by atoms with E-state index in [1.165, 1.54) is 17.6 Å². The number of rotatable bonds is 6. The van der Waals surface area contributed by atoms with E-state index in [9.17, 15) is 9.59 Å². The molecule has 0 aliphatic heterocycles. The van der Waals surface area contributed by atoms with Gasteiger partial charge in [-0.3, -0.25) is 4.79 Å². The van der Waals surface area contributed by atoms with Crippen molar-refractivity contribution in [1.29, 1.82) is 0 Å². The predicted molar refractivity (Wildman–Crippen MR) is 126 cm³/mol. The number of nitrogens with one attached hydrogen (secondary N) is 1. The van der Waals surface area contributed by atoms with Crippen LogP contribution in [0.25, 0.3) is 5.69 Å². The second-order valence-corrected chi connectivity index (χ2v) is 8.08. The first kappa shape index (κ1) is 21.3. The van der Waals surface area contributed by atoms with Gasteiger partial charge in [0.25, 0.3) is 5.91 Å². The van der Waals surface area contributed by atoms with Gasteiger partial charge in [0, 0.05) is 22.6 Å². The second-order valence-electron chi connectivity index (χ2n) is 7.13. The maximum Gasteiger partial charge on any atom is 0.353 e. The van der Waals surface area contributed by atoms with Crippen molar-refractivity contribution >= 4 is 29.4 Å². The van der Waals surface area contributed by atoms with Gasteiger partial charge < -0.3 is 9.30 Å². The highest BCUT2D eigenvalue weighted by Gasteiger charge is 2.09.